The van der Waals surface area contributed by atoms with Crippen LogP contribution in [-0.4, -0.2) is 83.0 Å². The molecule has 0 saturated carbocycles. The van der Waals surface area contributed by atoms with Gasteiger partial charge in [0.25, 0.3) is 5.56 Å². The van der Waals surface area contributed by atoms with Crippen molar-refractivity contribution in [3.05, 3.63) is 85.7 Å². The van der Waals surface area contributed by atoms with E-state index in [4.69, 9.17) is 23.7 Å². The molecule has 3 aromatic rings. The predicted octanol–water partition coefficient (Wildman–Crippen LogP) is 13.9. The Morgan fingerprint density at radius 2 is 1.02 bits per heavy atom. The molecule has 5 N–H and O–H groups in total. The number of amides is 3. The molecule has 0 aliphatic carbocycles. The van der Waals surface area contributed by atoms with Crippen LogP contribution in [0, 0.1) is 13.8 Å². The molecule has 1 aliphatic heterocycles. The summed E-state index contributed by atoms with van der Waals surface area (Å²) in [6.07, 6.45) is 34.7. The fourth-order valence-corrected chi connectivity index (χ4v) is 11.1. The number of esters is 1. The van der Waals surface area contributed by atoms with Crippen LogP contribution in [0.3, 0.4) is 0 Å². The summed E-state index contributed by atoms with van der Waals surface area (Å²) in [5.74, 6) is -0.105. The zero-order valence-electron chi connectivity index (χ0n) is 54.2. The normalized spacial score (nSPS) is 15.0. The lowest BCUT2D eigenvalue weighted by Crippen LogP contribution is -2.47. The number of ether oxygens (including phenoxy) is 5. The van der Waals surface area contributed by atoms with Crippen LogP contribution in [0.15, 0.2) is 52.2 Å². The summed E-state index contributed by atoms with van der Waals surface area (Å²) in [5, 5.41) is 18.8. The van der Waals surface area contributed by atoms with E-state index in [1.54, 1.807) is 0 Å². The first-order valence-electron chi connectivity index (χ1n) is 34.1. The Morgan fingerprint density at radius 1 is 0.575 bits per heavy atom. The Bertz CT molecular complexity index is 2470. The molecule has 2 aromatic carbocycles. The SMILES string of the molecule is CCCCCCCCCCCCOc1cc(C)cc(CNC(=O)C(CCC(=O)NCc2cc(OCCCCCCCCCCCC)cc(OCCCCCCCCCCCC)c2)NC(=O)CCC(=O)O[C@@H]2C[C@H](n3cc(C)c(=O)[nH]c3=O)O[C@@H]2CO)c1. The maximum Gasteiger partial charge on any atom is 0.330 e. The number of aliphatic hydroxyl groups is 1. The average molecular weight is 1220 g/mol. The molecular weight excluding hydrogens is 1100 g/mol. The van der Waals surface area contributed by atoms with Crippen molar-refractivity contribution in [2.75, 3.05) is 26.4 Å². The zero-order valence-corrected chi connectivity index (χ0v) is 54.2. The van der Waals surface area contributed by atoms with Crippen LogP contribution in [0.1, 0.15) is 274 Å². The number of nitrogens with zero attached hydrogens (tertiary/aromatic N) is 1. The molecule has 4 rings (SSSR count). The Morgan fingerprint density at radius 3 is 1.51 bits per heavy atom. The van der Waals surface area contributed by atoms with E-state index >= 15 is 0 Å². The first-order chi connectivity index (χ1) is 42.3. The molecule has 0 radical (unpaired) electrons. The molecular formula is C70H113N5O12. The van der Waals surface area contributed by atoms with Crippen LogP contribution < -0.4 is 41.4 Å². The van der Waals surface area contributed by atoms with E-state index in [0.717, 1.165) is 55.2 Å². The number of unbranched alkanes of at least 4 members (excludes halogenated alkanes) is 27. The number of H-pyrrole nitrogens is 1. The van der Waals surface area contributed by atoms with Gasteiger partial charge in [-0.25, -0.2) is 4.79 Å². The molecule has 1 unspecified atom stereocenters. The summed E-state index contributed by atoms with van der Waals surface area (Å²) in [4.78, 5) is 81.3. The number of nitrogens with one attached hydrogen (secondary N) is 4. The van der Waals surface area contributed by atoms with Crippen molar-refractivity contribution in [2.45, 2.75) is 297 Å². The van der Waals surface area contributed by atoms with E-state index in [0.29, 0.717) is 37.1 Å². The van der Waals surface area contributed by atoms with Crippen LogP contribution in [0.4, 0.5) is 0 Å². The molecule has 17 heteroatoms. The maximum atomic E-state index is 14.1. The molecule has 87 heavy (non-hydrogen) atoms. The second-order valence-corrected chi connectivity index (χ2v) is 24.3. The summed E-state index contributed by atoms with van der Waals surface area (Å²) in [7, 11) is 0. The number of aliphatic hydroxyl groups excluding tert-OH is 1. The van der Waals surface area contributed by atoms with Gasteiger partial charge in [0.05, 0.1) is 32.8 Å². The van der Waals surface area contributed by atoms with E-state index in [2.05, 4.69) is 41.7 Å². The molecule has 0 bridgehead atoms. The standard InChI is InChI=1S/C70H113N5O12/c1-6-9-12-15-18-21-24-27-30-33-40-83-58-44-54(4)43-56(45-58)51-72-69(81)61(73-65(78)38-39-67(79)87-62-49-66(86-63(62)53-76)75-52-55(5)68(80)74-70(75)82)36-37-64(77)71-50-57-46-59(84-41-34-31-28-25-22-19-16-13-10-7-2)48-60(47-57)85-42-35-32-29-26-23-20-17-14-11-8-3/h43-48,52,61-63,66,76H,6-42,49-51,53H2,1-5H3,(H,71,77)(H,72,81)(H,73,78)(H,74,80,82)/t61?,62-,63-,66-/m1/s1. The van der Waals surface area contributed by atoms with Gasteiger partial charge in [-0.05, 0) is 80.5 Å². The third kappa shape index (κ3) is 32.4. The smallest absolute Gasteiger partial charge is 0.330 e. The van der Waals surface area contributed by atoms with Gasteiger partial charge in [0.2, 0.25) is 17.7 Å². The quantitative estimate of drug-likeness (QED) is 0.0263. The number of rotatable bonds is 51. The summed E-state index contributed by atoms with van der Waals surface area (Å²) < 4.78 is 31.4. The number of benzene rings is 2. The highest BCUT2D eigenvalue weighted by atomic mass is 16.6. The number of aromatic amines is 1. The van der Waals surface area contributed by atoms with Gasteiger partial charge in [0.15, 0.2) is 0 Å². The lowest BCUT2D eigenvalue weighted by atomic mass is 10.1. The van der Waals surface area contributed by atoms with Gasteiger partial charge in [-0.15, -0.1) is 0 Å². The number of hydrogen-bond donors (Lipinski definition) is 5. The van der Waals surface area contributed by atoms with Crippen molar-refractivity contribution < 1.29 is 48.0 Å². The minimum Gasteiger partial charge on any atom is -0.494 e. The molecule has 490 valence electrons. The topological polar surface area (TPSA) is 226 Å². The van der Waals surface area contributed by atoms with Crippen molar-refractivity contribution in [1.29, 1.82) is 0 Å². The van der Waals surface area contributed by atoms with Gasteiger partial charge in [-0.2, -0.15) is 0 Å². The minimum atomic E-state index is -1.13. The maximum absolute atomic E-state index is 14.1. The highest BCUT2D eigenvalue weighted by Gasteiger charge is 2.39. The summed E-state index contributed by atoms with van der Waals surface area (Å²) in [6.45, 7) is 11.8. The average Bonchev–Trinajstić information content (AvgIpc) is 2.11. The van der Waals surface area contributed by atoms with E-state index in [9.17, 15) is 33.9 Å². The van der Waals surface area contributed by atoms with Crippen LogP contribution >= 0.6 is 0 Å². The molecule has 17 nitrogen and oxygen atoms in total. The third-order valence-electron chi connectivity index (χ3n) is 16.3. The van der Waals surface area contributed by atoms with Gasteiger partial charge >= 0.3 is 11.7 Å². The lowest BCUT2D eigenvalue weighted by Gasteiger charge is -2.19. The summed E-state index contributed by atoms with van der Waals surface area (Å²) in [6, 6.07) is 10.5. The highest BCUT2D eigenvalue weighted by molar-refractivity contribution is 5.89. The summed E-state index contributed by atoms with van der Waals surface area (Å²) >= 11 is 0. The van der Waals surface area contributed by atoms with Crippen molar-refractivity contribution in [2.24, 2.45) is 0 Å². The van der Waals surface area contributed by atoms with Crippen molar-refractivity contribution in [1.82, 2.24) is 25.5 Å². The monoisotopic (exact) mass is 1220 g/mol. The molecule has 1 saturated heterocycles. The summed E-state index contributed by atoms with van der Waals surface area (Å²) in [5.41, 5.74) is 1.62. The Kier molecular flexibility index (Phi) is 38.6. The van der Waals surface area contributed by atoms with Crippen LogP contribution in [0.5, 0.6) is 17.2 Å². The molecule has 0 spiro atoms. The molecule has 4 atom stereocenters. The first kappa shape index (κ1) is 73.8. The molecule has 2 heterocycles. The minimum absolute atomic E-state index is 0.0137. The Labute approximate surface area is 521 Å². The van der Waals surface area contributed by atoms with Crippen molar-refractivity contribution in [3.8, 4) is 17.2 Å². The van der Waals surface area contributed by atoms with Crippen LogP contribution in [0.25, 0.3) is 0 Å². The second kappa shape index (κ2) is 45.6. The van der Waals surface area contributed by atoms with Crippen LogP contribution in [-0.2, 0) is 41.7 Å². The number of carbonyl (C=O) groups excluding carboxylic acids is 4. The Balaban J connectivity index is 1.36. The van der Waals surface area contributed by atoms with Crippen molar-refractivity contribution >= 4 is 23.7 Å². The van der Waals surface area contributed by atoms with E-state index in [1.165, 1.54) is 172 Å². The van der Waals surface area contributed by atoms with Gasteiger partial charge in [-0.1, -0.05) is 200 Å². The third-order valence-corrected chi connectivity index (χ3v) is 16.3. The number of carbonyl (C=O) groups is 4. The first-order valence-corrected chi connectivity index (χ1v) is 34.1. The molecule has 1 aliphatic rings. The molecule has 1 aromatic heterocycles. The van der Waals surface area contributed by atoms with E-state index < -0.39 is 60.1 Å². The predicted molar refractivity (Wildman–Crippen MR) is 345 cm³/mol. The molecule has 3 amide bonds. The highest BCUT2D eigenvalue weighted by Crippen LogP contribution is 2.31. The Hall–Kier alpha value is -5.68. The zero-order chi connectivity index (χ0) is 62.7. The van der Waals surface area contributed by atoms with Crippen LogP contribution in [0.2, 0.25) is 0 Å². The fourth-order valence-electron chi connectivity index (χ4n) is 11.1. The number of aromatic nitrogens is 2. The largest absolute Gasteiger partial charge is 0.494 e. The van der Waals surface area contributed by atoms with E-state index in [-0.39, 0.29) is 56.7 Å². The van der Waals surface area contributed by atoms with Gasteiger partial charge < -0.3 is 44.7 Å². The van der Waals surface area contributed by atoms with Crippen molar-refractivity contribution in [3.63, 3.8) is 0 Å². The molecule has 1 fully saturated rings. The van der Waals surface area contributed by atoms with Gasteiger partial charge in [0, 0.05) is 50.2 Å². The van der Waals surface area contributed by atoms with Gasteiger partial charge in [0.1, 0.15) is 41.7 Å². The van der Waals surface area contributed by atoms with E-state index in [1.807, 2.05) is 43.3 Å². The number of hydrogen-bond acceptors (Lipinski definition) is 12. The second-order valence-electron chi connectivity index (χ2n) is 24.3. The van der Waals surface area contributed by atoms with Gasteiger partial charge in [-0.3, -0.25) is 33.5 Å². The number of aryl methyl sites for hydroxylation is 2. The fraction of sp³-hybridized carbons (Fsp3) is 0.714. The lowest BCUT2D eigenvalue weighted by molar-refractivity contribution is -0.154.